The van der Waals surface area contributed by atoms with E-state index >= 15 is 0 Å². The van der Waals surface area contributed by atoms with E-state index in [2.05, 4.69) is 0 Å². The summed E-state index contributed by atoms with van der Waals surface area (Å²) in [5.41, 5.74) is -0.0999. The Morgan fingerprint density at radius 2 is 1.46 bits per heavy atom. The maximum absolute atomic E-state index is 12.8. The molecule has 2 rings (SSSR count). The van der Waals surface area contributed by atoms with Crippen molar-refractivity contribution in [3.8, 4) is 17.2 Å². The monoisotopic (exact) mass is 411 g/mol. The number of ether oxygens (including phenoxy) is 3. The highest BCUT2D eigenvalue weighted by molar-refractivity contribution is 7.99. The molecule has 28 heavy (non-hydrogen) atoms. The molecule has 0 aromatic heterocycles. The highest BCUT2D eigenvalue weighted by Gasteiger charge is 2.36. The minimum Gasteiger partial charge on any atom is -0.480 e. The fourth-order valence-corrected chi connectivity index (χ4v) is 3.56. The first kappa shape index (κ1) is 21.2. The highest BCUT2D eigenvalue weighted by atomic mass is 32.2. The zero-order valence-corrected chi connectivity index (χ0v) is 16.0. The number of aliphatic carboxylic acids is 1. The number of hydrogen-bond donors (Lipinski definition) is 1. The molecule has 0 aliphatic carbocycles. The van der Waals surface area contributed by atoms with E-state index in [1.54, 1.807) is 0 Å². The molecular weight excluding hydrogens is 394 g/mol. The van der Waals surface area contributed by atoms with Crippen LogP contribution in [0, 0.1) is 0 Å². The van der Waals surface area contributed by atoms with Gasteiger partial charge in [0, 0.05) is 32.1 Å². The Bertz CT molecular complexity index is 814. The van der Waals surface area contributed by atoms with Gasteiger partial charge in [-0.15, -0.1) is 11.8 Å². The van der Waals surface area contributed by atoms with Crippen LogP contribution >= 0.6 is 11.8 Å². The zero-order valence-electron chi connectivity index (χ0n) is 15.2. The number of esters is 3. The smallest absolute Gasteiger partial charge is 0.327 e. The van der Waals surface area contributed by atoms with E-state index < -0.39 is 35.8 Å². The van der Waals surface area contributed by atoms with Crippen LogP contribution in [-0.4, -0.2) is 57.5 Å². The number of rotatable bonds is 5. The molecule has 1 aromatic carbocycles. The fourth-order valence-electron chi connectivity index (χ4n) is 2.42. The topological polar surface area (TPSA) is 137 Å². The summed E-state index contributed by atoms with van der Waals surface area (Å²) < 4.78 is 15.0. The van der Waals surface area contributed by atoms with Crippen LogP contribution in [0.5, 0.6) is 17.2 Å². The van der Waals surface area contributed by atoms with Gasteiger partial charge >= 0.3 is 23.9 Å². The number of nitrogens with zero attached hydrogens (tertiary/aromatic N) is 1. The van der Waals surface area contributed by atoms with Crippen LogP contribution in [0.3, 0.4) is 0 Å². The lowest BCUT2D eigenvalue weighted by molar-refractivity contribution is -0.141. The second-order valence-electron chi connectivity index (χ2n) is 5.71. The summed E-state index contributed by atoms with van der Waals surface area (Å²) in [6.07, 6.45) is 0. The molecule has 1 aliphatic rings. The SMILES string of the molecule is CC(=O)Oc1cc(C(=O)N2CSCC2C(=O)O)cc(OC(C)=O)c1OC(C)=O. The summed E-state index contributed by atoms with van der Waals surface area (Å²) in [5, 5.41) is 9.27. The molecule has 11 heteroatoms. The van der Waals surface area contributed by atoms with Crippen molar-refractivity contribution >= 4 is 41.5 Å². The minimum absolute atomic E-state index is 0.0999. The average Bonchev–Trinajstić information content (AvgIpc) is 3.05. The third-order valence-corrected chi connectivity index (χ3v) is 4.46. The third kappa shape index (κ3) is 5.00. The van der Waals surface area contributed by atoms with Gasteiger partial charge < -0.3 is 24.2 Å². The van der Waals surface area contributed by atoms with Crippen molar-refractivity contribution in [1.82, 2.24) is 4.90 Å². The number of hydrogen-bond acceptors (Lipinski definition) is 9. The fraction of sp³-hybridized carbons (Fsp3) is 0.353. The molecule has 10 nitrogen and oxygen atoms in total. The van der Waals surface area contributed by atoms with Crippen molar-refractivity contribution in [1.29, 1.82) is 0 Å². The van der Waals surface area contributed by atoms with Crippen LogP contribution in [0.1, 0.15) is 31.1 Å². The zero-order chi connectivity index (χ0) is 21.0. The van der Waals surface area contributed by atoms with Crippen molar-refractivity contribution in [2.45, 2.75) is 26.8 Å². The van der Waals surface area contributed by atoms with Gasteiger partial charge in [0.1, 0.15) is 6.04 Å². The van der Waals surface area contributed by atoms with Gasteiger partial charge in [0.2, 0.25) is 5.75 Å². The number of carboxylic acids is 1. The Kier molecular flexibility index (Phi) is 6.62. The standard InChI is InChI=1S/C17H17NO9S/c1-8(19)25-13-4-11(16(22)18-7-28-6-12(18)17(23)24)5-14(26-9(2)20)15(13)27-10(3)21/h4-5,12H,6-7H2,1-3H3,(H,23,24). The van der Waals surface area contributed by atoms with Crippen LogP contribution in [0.15, 0.2) is 12.1 Å². The maximum Gasteiger partial charge on any atom is 0.327 e. The molecule has 1 heterocycles. The second kappa shape index (κ2) is 8.74. The normalized spacial score (nSPS) is 15.7. The van der Waals surface area contributed by atoms with Crippen molar-refractivity contribution in [2.75, 3.05) is 11.6 Å². The molecule has 1 fully saturated rings. The van der Waals surface area contributed by atoms with E-state index in [1.807, 2.05) is 0 Å². The molecule has 0 bridgehead atoms. The van der Waals surface area contributed by atoms with Crippen LogP contribution in [0.25, 0.3) is 0 Å². The molecule has 0 saturated carbocycles. The molecule has 1 saturated heterocycles. The van der Waals surface area contributed by atoms with Crippen LogP contribution in [-0.2, 0) is 19.2 Å². The van der Waals surface area contributed by atoms with Crippen LogP contribution in [0.4, 0.5) is 0 Å². The van der Waals surface area contributed by atoms with Gasteiger partial charge in [0.15, 0.2) is 11.5 Å². The van der Waals surface area contributed by atoms with Crippen molar-refractivity contribution in [3.63, 3.8) is 0 Å². The first-order valence-electron chi connectivity index (χ1n) is 7.95. The molecule has 1 unspecified atom stereocenters. The Balaban J connectivity index is 2.56. The van der Waals surface area contributed by atoms with Crippen LogP contribution < -0.4 is 14.2 Å². The van der Waals surface area contributed by atoms with Gasteiger partial charge in [-0.1, -0.05) is 0 Å². The first-order chi connectivity index (χ1) is 13.1. The van der Waals surface area contributed by atoms with Crippen molar-refractivity contribution in [3.05, 3.63) is 17.7 Å². The van der Waals surface area contributed by atoms with E-state index in [9.17, 15) is 29.1 Å². The van der Waals surface area contributed by atoms with Gasteiger partial charge in [-0.2, -0.15) is 0 Å². The lowest BCUT2D eigenvalue weighted by Crippen LogP contribution is -2.41. The van der Waals surface area contributed by atoms with E-state index in [0.717, 1.165) is 37.8 Å². The molecule has 1 aromatic rings. The molecule has 1 amide bonds. The van der Waals surface area contributed by atoms with E-state index in [4.69, 9.17) is 14.2 Å². The van der Waals surface area contributed by atoms with Crippen LogP contribution in [0.2, 0.25) is 0 Å². The Morgan fingerprint density at radius 1 is 0.964 bits per heavy atom. The molecule has 0 radical (unpaired) electrons. The number of carbonyl (C=O) groups excluding carboxylic acids is 4. The molecule has 0 spiro atoms. The number of thioether (sulfide) groups is 1. The molecule has 150 valence electrons. The maximum atomic E-state index is 12.8. The summed E-state index contributed by atoms with van der Waals surface area (Å²) >= 11 is 1.27. The molecule has 1 N–H and O–H groups in total. The van der Waals surface area contributed by atoms with E-state index in [1.165, 1.54) is 11.8 Å². The third-order valence-electron chi connectivity index (χ3n) is 3.45. The number of amides is 1. The number of carboxylic acid groups (broad SMARTS) is 1. The minimum atomic E-state index is -1.16. The molecular formula is C17H17NO9S. The lowest BCUT2D eigenvalue weighted by atomic mass is 10.1. The van der Waals surface area contributed by atoms with E-state index in [-0.39, 0.29) is 34.4 Å². The predicted octanol–water partition coefficient (Wildman–Crippen LogP) is 1.06. The average molecular weight is 411 g/mol. The quantitative estimate of drug-likeness (QED) is 0.553. The summed E-state index contributed by atoms with van der Waals surface area (Å²) in [6, 6.07) is 1.22. The Hall–Kier alpha value is -3.08. The number of benzene rings is 1. The second-order valence-corrected chi connectivity index (χ2v) is 6.71. The number of carbonyl (C=O) groups is 5. The Labute approximate surface area is 163 Å². The van der Waals surface area contributed by atoms with Gasteiger partial charge in [-0.25, -0.2) is 4.79 Å². The van der Waals surface area contributed by atoms with E-state index in [0.29, 0.717) is 0 Å². The first-order valence-corrected chi connectivity index (χ1v) is 9.10. The molecule has 1 atom stereocenters. The lowest BCUT2D eigenvalue weighted by Gasteiger charge is -2.21. The van der Waals surface area contributed by atoms with Gasteiger partial charge in [-0.3, -0.25) is 19.2 Å². The Morgan fingerprint density at radius 3 is 1.89 bits per heavy atom. The molecule has 1 aliphatic heterocycles. The highest BCUT2D eigenvalue weighted by Crippen LogP contribution is 2.40. The summed E-state index contributed by atoms with van der Waals surface area (Å²) in [4.78, 5) is 59.5. The summed E-state index contributed by atoms with van der Waals surface area (Å²) in [6.45, 7) is 3.28. The largest absolute Gasteiger partial charge is 0.480 e. The van der Waals surface area contributed by atoms with Gasteiger partial charge in [-0.05, 0) is 12.1 Å². The van der Waals surface area contributed by atoms with Crippen molar-refractivity contribution in [2.24, 2.45) is 0 Å². The van der Waals surface area contributed by atoms with Crippen molar-refractivity contribution < 1.29 is 43.3 Å². The predicted molar refractivity (Wildman–Crippen MR) is 95.3 cm³/mol. The summed E-state index contributed by atoms with van der Waals surface area (Å²) in [5.74, 6) is -4.76. The van der Waals surface area contributed by atoms with Gasteiger partial charge in [0.05, 0.1) is 5.88 Å². The summed E-state index contributed by atoms with van der Waals surface area (Å²) in [7, 11) is 0. The van der Waals surface area contributed by atoms with Gasteiger partial charge in [0.25, 0.3) is 5.91 Å².